The van der Waals surface area contributed by atoms with E-state index in [2.05, 4.69) is 32.2 Å². The fourth-order valence-electron chi connectivity index (χ4n) is 5.47. The Kier molecular flexibility index (Phi) is 7.58. The first-order valence-corrected chi connectivity index (χ1v) is 13.2. The molecule has 2 aliphatic heterocycles. The number of benzene rings is 1. The van der Waals surface area contributed by atoms with Gasteiger partial charge in [-0.25, -0.2) is 10.1 Å². The van der Waals surface area contributed by atoms with Crippen molar-refractivity contribution in [3.63, 3.8) is 0 Å². The predicted octanol–water partition coefficient (Wildman–Crippen LogP) is 4.46. The predicted molar refractivity (Wildman–Crippen MR) is 141 cm³/mol. The monoisotopic (exact) mass is 540 g/mol. The van der Waals surface area contributed by atoms with Crippen LogP contribution < -0.4 is 15.4 Å². The van der Waals surface area contributed by atoms with Crippen molar-refractivity contribution >= 4 is 17.4 Å². The highest BCUT2D eigenvalue weighted by Crippen LogP contribution is 2.40. The van der Waals surface area contributed by atoms with Gasteiger partial charge in [-0.15, -0.1) is 0 Å². The highest BCUT2D eigenvalue weighted by Gasteiger charge is 2.32. The lowest BCUT2D eigenvalue weighted by Gasteiger charge is -2.35. The number of aromatic amines is 1. The molecule has 8 nitrogen and oxygen atoms in total. The molecule has 4 heterocycles. The Morgan fingerprint density at radius 3 is 2.54 bits per heavy atom. The quantitative estimate of drug-likeness (QED) is 0.446. The van der Waals surface area contributed by atoms with Gasteiger partial charge in [0, 0.05) is 50.9 Å². The number of hydrogen-bond acceptors (Lipinski definition) is 6. The molecule has 2 aromatic heterocycles. The number of fused-ring (bicyclic) bond motifs is 1. The Morgan fingerprint density at radius 1 is 1.05 bits per heavy atom. The minimum Gasteiger partial charge on any atom is -0.358 e. The van der Waals surface area contributed by atoms with E-state index in [4.69, 9.17) is 0 Å². The minimum atomic E-state index is -4.41. The van der Waals surface area contributed by atoms with E-state index in [1.807, 2.05) is 28.9 Å². The Bertz CT molecular complexity index is 1370. The van der Waals surface area contributed by atoms with Crippen LogP contribution in [0, 0.1) is 6.92 Å². The fraction of sp³-hybridized carbons (Fsp3) is 0.429. The number of carbonyl (C=O) groups is 1. The van der Waals surface area contributed by atoms with Crippen molar-refractivity contribution in [3.8, 4) is 0 Å². The van der Waals surface area contributed by atoms with Crippen molar-refractivity contribution < 1.29 is 18.0 Å². The van der Waals surface area contributed by atoms with E-state index in [1.165, 1.54) is 17.2 Å². The van der Waals surface area contributed by atoms with Crippen LogP contribution in [0.1, 0.15) is 54.0 Å². The molecule has 0 unspecified atom stereocenters. The van der Waals surface area contributed by atoms with Crippen molar-refractivity contribution in [2.45, 2.75) is 51.4 Å². The lowest BCUT2D eigenvalue weighted by Crippen LogP contribution is -2.49. The van der Waals surface area contributed by atoms with Gasteiger partial charge in [0.1, 0.15) is 5.82 Å². The van der Waals surface area contributed by atoms with Crippen molar-refractivity contribution in [2.75, 3.05) is 36.0 Å². The van der Waals surface area contributed by atoms with Crippen LogP contribution in [-0.2, 0) is 17.5 Å². The summed E-state index contributed by atoms with van der Waals surface area (Å²) in [6.45, 7) is 4.61. The zero-order chi connectivity index (χ0) is 27.6. The van der Waals surface area contributed by atoms with Gasteiger partial charge in [-0.05, 0) is 43.0 Å². The molecule has 39 heavy (non-hydrogen) atoms. The Labute approximate surface area is 224 Å². The third-order valence-corrected chi connectivity index (χ3v) is 7.67. The van der Waals surface area contributed by atoms with Gasteiger partial charge in [-0.3, -0.25) is 9.59 Å². The number of rotatable bonds is 7. The second kappa shape index (κ2) is 11.1. The van der Waals surface area contributed by atoms with Gasteiger partial charge in [0.05, 0.1) is 23.5 Å². The van der Waals surface area contributed by atoms with Crippen LogP contribution >= 0.6 is 0 Å². The van der Waals surface area contributed by atoms with Gasteiger partial charge in [0.15, 0.2) is 0 Å². The number of anilines is 2. The van der Waals surface area contributed by atoms with Crippen LogP contribution in [0.2, 0.25) is 0 Å². The minimum absolute atomic E-state index is 0.0911. The number of hydrogen-bond donors (Lipinski definition) is 1. The highest BCUT2D eigenvalue weighted by molar-refractivity contribution is 5.76. The summed E-state index contributed by atoms with van der Waals surface area (Å²) in [6.07, 6.45) is 1.05. The molecule has 206 valence electrons. The highest BCUT2D eigenvalue weighted by atomic mass is 19.4. The van der Waals surface area contributed by atoms with Gasteiger partial charge in [-0.1, -0.05) is 30.7 Å². The summed E-state index contributed by atoms with van der Waals surface area (Å²) in [5, 5.41) is 6.51. The van der Waals surface area contributed by atoms with Crippen molar-refractivity contribution in [3.05, 3.63) is 81.4 Å². The molecule has 0 bridgehead atoms. The van der Waals surface area contributed by atoms with Crippen LogP contribution in [0.5, 0.6) is 0 Å². The maximum absolute atomic E-state index is 12.9. The van der Waals surface area contributed by atoms with E-state index in [-0.39, 0.29) is 17.5 Å². The Balaban J connectivity index is 1.13. The van der Waals surface area contributed by atoms with Gasteiger partial charge in [0.2, 0.25) is 5.91 Å². The average molecular weight is 541 g/mol. The van der Waals surface area contributed by atoms with Gasteiger partial charge >= 0.3 is 6.18 Å². The summed E-state index contributed by atoms with van der Waals surface area (Å²) >= 11 is 0. The van der Waals surface area contributed by atoms with Gasteiger partial charge in [0.25, 0.3) is 5.56 Å². The fourth-order valence-corrected chi connectivity index (χ4v) is 5.47. The molecular formula is C28H31F3N6O2. The SMILES string of the molecule is Cc1c(N2Cc3ccccc3[C@@H]2CCCCC(=O)N2CCN(c3ccc(C(F)(F)F)cn3)CC2)cn[nH]c1=O. The van der Waals surface area contributed by atoms with E-state index in [1.54, 1.807) is 6.20 Å². The number of alkyl halides is 3. The summed E-state index contributed by atoms with van der Waals surface area (Å²) in [4.78, 5) is 35.0. The number of halogens is 3. The van der Waals surface area contributed by atoms with Crippen LogP contribution in [0.25, 0.3) is 0 Å². The first kappa shape index (κ1) is 26.7. The number of amides is 1. The maximum atomic E-state index is 12.9. The van der Waals surface area contributed by atoms with E-state index in [0.717, 1.165) is 37.2 Å². The Morgan fingerprint density at radius 2 is 1.82 bits per heavy atom. The van der Waals surface area contributed by atoms with E-state index >= 15 is 0 Å². The summed E-state index contributed by atoms with van der Waals surface area (Å²) in [5.41, 5.74) is 2.99. The summed E-state index contributed by atoms with van der Waals surface area (Å²) in [5.74, 6) is 0.579. The second-order valence-electron chi connectivity index (χ2n) is 10.1. The van der Waals surface area contributed by atoms with Crippen molar-refractivity contribution in [1.82, 2.24) is 20.1 Å². The molecular weight excluding hydrogens is 509 g/mol. The number of nitrogens with one attached hydrogen (secondary N) is 1. The molecule has 2 aliphatic rings. The lowest BCUT2D eigenvalue weighted by molar-refractivity contribution is -0.138. The topological polar surface area (TPSA) is 85.4 Å². The van der Waals surface area contributed by atoms with Gasteiger partial charge < -0.3 is 14.7 Å². The number of piperazine rings is 1. The first-order valence-electron chi connectivity index (χ1n) is 13.2. The van der Waals surface area contributed by atoms with Crippen LogP contribution in [0.3, 0.4) is 0 Å². The number of unbranched alkanes of at least 4 members (excludes halogenated alkanes) is 1. The second-order valence-corrected chi connectivity index (χ2v) is 10.1. The third-order valence-electron chi connectivity index (χ3n) is 7.67. The molecule has 0 saturated carbocycles. The molecule has 1 amide bonds. The molecule has 1 atom stereocenters. The molecule has 1 fully saturated rings. The zero-order valence-electron chi connectivity index (χ0n) is 21.7. The number of H-pyrrole nitrogens is 1. The summed E-state index contributed by atoms with van der Waals surface area (Å²) < 4.78 is 38.4. The van der Waals surface area contributed by atoms with E-state index < -0.39 is 11.7 Å². The van der Waals surface area contributed by atoms with Crippen LogP contribution in [0.15, 0.2) is 53.6 Å². The third kappa shape index (κ3) is 5.76. The molecule has 0 spiro atoms. The molecule has 0 radical (unpaired) electrons. The van der Waals surface area contributed by atoms with Crippen LogP contribution in [-0.4, -0.2) is 52.2 Å². The Hall–Kier alpha value is -3.89. The largest absolute Gasteiger partial charge is 0.417 e. The summed E-state index contributed by atoms with van der Waals surface area (Å²) in [7, 11) is 0. The molecule has 1 saturated heterocycles. The first-order chi connectivity index (χ1) is 18.7. The number of carbonyl (C=O) groups excluding carboxylic acids is 1. The number of nitrogens with zero attached hydrogens (tertiary/aromatic N) is 5. The molecule has 3 aromatic rings. The molecule has 1 aromatic carbocycles. The van der Waals surface area contributed by atoms with Crippen molar-refractivity contribution in [2.24, 2.45) is 0 Å². The van der Waals surface area contributed by atoms with Gasteiger partial charge in [-0.2, -0.15) is 18.3 Å². The molecule has 5 rings (SSSR count). The molecule has 1 N–H and O–H groups in total. The van der Waals surface area contributed by atoms with Crippen LogP contribution in [0.4, 0.5) is 24.7 Å². The zero-order valence-corrected chi connectivity index (χ0v) is 21.7. The molecule has 11 heteroatoms. The summed E-state index contributed by atoms with van der Waals surface area (Å²) in [6, 6.07) is 10.8. The standard InChI is InChI=1S/C28H31F3N6O2/c1-19-24(17-33-34-27(19)39)37-18-20-6-2-3-7-22(20)23(37)8-4-5-9-26(38)36-14-12-35(13-15-36)25-11-10-21(16-32-25)28(29,30)31/h2-3,6-7,10-11,16-17,23H,4-5,8-9,12-15,18H2,1H3,(H,34,39)/t23-/m0/s1. The van der Waals surface area contributed by atoms with E-state index in [9.17, 15) is 22.8 Å². The number of aromatic nitrogens is 3. The smallest absolute Gasteiger partial charge is 0.358 e. The average Bonchev–Trinajstić information content (AvgIpc) is 3.30. The van der Waals surface area contributed by atoms with Crippen molar-refractivity contribution in [1.29, 1.82) is 0 Å². The van der Waals surface area contributed by atoms with E-state index in [0.29, 0.717) is 50.5 Å². The maximum Gasteiger partial charge on any atom is 0.417 e. The normalized spacial score (nSPS) is 17.4. The lowest BCUT2D eigenvalue weighted by atomic mass is 9.99. The number of pyridine rings is 1. The molecule has 0 aliphatic carbocycles.